The Hall–Kier alpha value is -0.780. The summed E-state index contributed by atoms with van der Waals surface area (Å²) < 4.78 is 23.3. The molecular formula is C15H28N2O3S. The van der Waals surface area contributed by atoms with Crippen LogP contribution in [-0.2, 0) is 9.84 Å². The lowest BCUT2D eigenvalue weighted by Crippen LogP contribution is -2.46. The number of sulfone groups is 1. The molecular weight excluding hydrogens is 288 g/mol. The summed E-state index contributed by atoms with van der Waals surface area (Å²) in [6, 6.07) is 0.284. The number of nitrogens with zero attached hydrogens (tertiary/aromatic N) is 1. The summed E-state index contributed by atoms with van der Waals surface area (Å²) in [5.41, 5.74) is 0. The highest BCUT2D eigenvalue weighted by Gasteiger charge is 2.38. The first-order valence-corrected chi connectivity index (χ1v) is 9.64. The van der Waals surface area contributed by atoms with Crippen molar-refractivity contribution in [1.82, 2.24) is 10.2 Å². The maximum atomic E-state index is 12.3. The predicted octanol–water partition coefficient (Wildman–Crippen LogP) is 2.17. The molecule has 5 nitrogen and oxygen atoms in total. The maximum Gasteiger partial charge on any atom is 0.317 e. The molecule has 2 fully saturated rings. The quantitative estimate of drug-likeness (QED) is 0.868. The van der Waals surface area contributed by atoms with E-state index in [0.717, 1.165) is 19.4 Å². The van der Waals surface area contributed by atoms with Crippen LogP contribution in [0.25, 0.3) is 0 Å². The number of rotatable bonds is 3. The van der Waals surface area contributed by atoms with Crippen molar-refractivity contribution < 1.29 is 13.2 Å². The molecule has 1 saturated heterocycles. The Morgan fingerprint density at radius 3 is 2.52 bits per heavy atom. The van der Waals surface area contributed by atoms with Gasteiger partial charge in [-0.15, -0.1) is 0 Å². The van der Waals surface area contributed by atoms with Gasteiger partial charge < -0.3 is 10.2 Å². The van der Waals surface area contributed by atoms with Crippen LogP contribution in [0.5, 0.6) is 0 Å². The molecule has 2 amide bonds. The highest BCUT2D eigenvalue weighted by Crippen LogP contribution is 2.35. The third-order valence-electron chi connectivity index (χ3n) is 4.85. The Labute approximate surface area is 128 Å². The molecule has 122 valence electrons. The first kappa shape index (κ1) is 16.6. The van der Waals surface area contributed by atoms with Gasteiger partial charge in [0.05, 0.1) is 10.5 Å². The molecule has 0 aromatic carbocycles. The van der Waals surface area contributed by atoms with E-state index >= 15 is 0 Å². The molecule has 2 aliphatic rings. The molecule has 0 aromatic heterocycles. The number of likely N-dealkylation sites (tertiary alicyclic amines) is 1. The maximum absolute atomic E-state index is 12.3. The highest BCUT2D eigenvalue weighted by molar-refractivity contribution is 7.92. The smallest absolute Gasteiger partial charge is 0.317 e. The largest absolute Gasteiger partial charge is 0.337 e. The van der Waals surface area contributed by atoms with Crippen LogP contribution in [0.3, 0.4) is 0 Å². The lowest BCUT2D eigenvalue weighted by Gasteiger charge is -2.31. The first-order valence-electron chi connectivity index (χ1n) is 7.99. The van der Waals surface area contributed by atoms with Crippen LogP contribution in [-0.4, -0.2) is 49.0 Å². The predicted molar refractivity (Wildman–Crippen MR) is 84.0 cm³/mol. The van der Waals surface area contributed by atoms with E-state index in [1.54, 1.807) is 20.8 Å². The van der Waals surface area contributed by atoms with Gasteiger partial charge in [-0.05, 0) is 46.0 Å². The Morgan fingerprint density at radius 1 is 1.19 bits per heavy atom. The molecule has 1 saturated carbocycles. The van der Waals surface area contributed by atoms with Gasteiger partial charge in [0.15, 0.2) is 9.84 Å². The SMILES string of the molecule is CC(C)(C)S(=O)(=O)CCNC(=O)N1CC[C@H]2CCCC[C@H]21. The minimum absolute atomic E-state index is 0.00414. The molecule has 1 aliphatic carbocycles. The van der Waals surface area contributed by atoms with Gasteiger partial charge in [0, 0.05) is 19.1 Å². The summed E-state index contributed by atoms with van der Waals surface area (Å²) in [6.45, 7) is 6.09. The minimum Gasteiger partial charge on any atom is -0.337 e. The molecule has 2 atom stereocenters. The fourth-order valence-corrected chi connectivity index (χ4v) is 4.34. The van der Waals surface area contributed by atoms with Crippen molar-refractivity contribution in [3.63, 3.8) is 0 Å². The zero-order valence-corrected chi connectivity index (χ0v) is 14.2. The summed E-state index contributed by atoms with van der Waals surface area (Å²) in [5, 5.41) is 2.79. The van der Waals surface area contributed by atoms with Crippen molar-refractivity contribution in [3.05, 3.63) is 0 Å². The van der Waals surface area contributed by atoms with E-state index in [1.807, 2.05) is 4.90 Å². The summed E-state index contributed by atoms with van der Waals surface area (Å²) in [7, 11) is -3.17. The van der Waals surface area contributed by atoms with E-state index in [0.29, 0.717) is 12.0 Å². The molecule has 0 bridgehead atoms. The standard InChI is InChI=1S/C15H28N2O3S/c1-15(2,3)21(19,20)11-9-16-14(18)17-10-8-12-6-4-5-7-13(12)17/h12-13H,4-11H2,1-3H3,(H,16,18)/t12-,13-/m1/s1. The van der Waals surface area contributed by atoms with Crippen molar-refractivity contribution in [2.45, 2.75) is 63.7 Å². The fourth-order valence-electron chi connectivity index (χ4n) is 3.36. The molecule has 1 N–H and O–H groups in total. The molecule has 0 aromatic rings. The molecule has 6 heteroatoms. The summed E-state index contributed by atoms with van der Waals surface area (Å²) in [6.07, 6.45) is 5.90. The van der Waals surface area contributed by atoms with E-state index in [4.69, 9.17) is 0 Å². The normalized spacial score (nSPS) is 26.5. The minimum atomic E-state index is -3.17. The summed E-state index contributed by atoms with van der Waals surface area (Å²) in [4.78, 5) is 14.2. The number of carbonyl (C=O) groups excluding carboxylic acids is 1. The van der Waals surface area contributed by atoms with Crippen molar-refractivity contribution in [3.8, 4) is 0 Å². The van der Waals surface area contributed by atoms with Crippen LogP contribution in [0.1, 0.15) is 52.9 Å². The second-order valence-corrected chi connectivity index (χ2v) is 10.1. The number of hydrogen-bond donors (Lipinski definition) is 1. The van der Waals surface area contributed by atoms with Gasteiger partial charge >= 0.3 is 6.03 Å². The molecule has 1 aliphatic heterocycles. The number of amides is 2. The van der Waals surface area contributed by atoms with E-state index in [-0.39, 0.29) is 18.3 Å². The lowest BCUT2D eigenvalue weighted by atomic mass is 9.85. The fraction of sp³-hybridized carbons (Fsp3) is 0.933. The Bertz CT molecular complexity index is 482. The molecule has 2 rings (SSSR count). The third kappa shape index (κ3) is 3.71. The van der Waals surface area contributed by atoms with Crippen molar-refractivity contribution in [2.75, 3.05) is 18.8 Å². The second kappa shape index (κ2) is 6.15. The average molecular weight is 316 g/mol. The van der Waals surface area contributed by atoms with Gasteiger partial charge in [0.2, 0.25) is 0 Å². The van der Waals surface area contributed by atoms with Gasteiger partial charge in [-0.25, -0.2) is 13.2 Å². The van der Waals surface area contributed by atoms with Gasteiger partial charge in [-0.2, -0.15) is 0 Å². The van der Waals surface area contributed by atoms with Gasteiger partial charge in [0.25, 0.3) is 0 Å². The molecule has 1 heterocycles. The number of urea groups is 1. The molecule has 0 unspecified atom stereocenters. The zero-order valence-electron chi connectivity index (χ0n) is 13.4. The Kier molecular flexibility index (Phi) is 4.85. The monoisotopic (exact) mass is 316 g/mol. The summed E-state index contributed by atoms with van der Waals surface area (Å²) in [5.74, 6) is 0.660. The van der Waals surface area contributed by atoms with Crippen LogP contribution in [0.2, 0.25) is 0 Å². The van der Waals surface area contributed by atoms with Crippen LogP contribution in [0, 0.1) is 5.92 Å². The Morgan fingerprint density at radius 2 is 1.86 bits per heavy atom. The van der Waals surface area contributed by atoms with Crippen LogP contribution in [0.15, 0.2) is 0 Å². The Balaban J connectivity index is 1.83. The molecule has 0 spiro atoms. The van der Waals surface area contributed by atoms with Crippen molar-refractivity contribution in [1.29, 1.82) is 0 Å². The topological polar surface area (TPSA) is 66.5 Å². The number of carbonyl (C=O) groups is 1. The van der Waals surface area contributed by atoms with Gasteiger partial charge in [-0.3, -0.25) is 0 Å². The van der Waals surface area contributed by atoms with E-state index in [9.17, 15) is 13.2 Å². The number of nitrogens with one attached hydrogen (secondary N) is 1. The highest BCUT2D eigenvalue weighted by atomic mass is 32.2. The van der Waals surface area contributed by atoms with E-state index in [2.05, 4.69) is 5.32 Å². The van der Waals surface area contributed by atoms with Gasteiger partial charge in [0.1, 0.15) is 0 Å². The first-order chi connectivity index (χ1) is 9.72. The number of hydrogen-bond acceptors (Lipinski definition) is 3. The van der Waals surface area contributed by atoms with Crippen molar-refractivity contribution >= 4 is 15.9 Å². The number of fused-ring (bicyclic) bond motifs is 1. The third-order valence-corrected chi connectivity index (χ3v) is 7.46. The van der Waals surface area contributed by atoms with Crippen LogP contribution < -0.4 is 5.32 Å². The lowest BCUT2D eigenvalue weighted by molar-refractivity contribution is 0.170. The van der Waals surface area contributed by atoms with Gasteiger partial charge in [-0.1, -0.05) is 12.8 Å². The second-order valence-electron chi connectivity index (χ2n) is 7.26. The molecule has 0 radical (unpaired) electrons. The van der Waals surface area contributed by atoms with Crippen LogP contribution >= 0.6 is 0 Å². The van der Waals surface area contributed by atoms with Crippen molar-refractivity contribution in [2.24, 2.45) is 5.92 Å². The van der Waals surface area contributed by atoms with E-state index < -0.39 is 14.6 Å². The molecule has 21 heavy (non-hydrogen) atoms. The summed E-state index contributed by atoms with van der Waals surface area (Å²) >= 11 is 0. The van der Waals surface area contributed by atoms with Crippen LogP contribution in [0.4, 0.5) is 4.79 Å². The van der Waals surface area contributed by atoms with E-state index in [1.165, 1.54) is 19.3 Å². The zero-order chi connectivity index (χ0) is 15.7. The average Bonchev–Trinajstić information content (AvgIpc) is 2.80.